The van der Waals surface area contributed by atoms with Crippen LogP contribution in [0, 0.1) is 0 Å². The Balaban J connectivity index is 1.80. The smallest absolute Gasteiger partial charge is 0.245 e. The van der Waals surface area contributed by atoms with E-state index in [0.29, 0.717) is 24.5 Å². The molecule has 0 saturated heterocycles. The van der Waals surface area contributed by atoms with Crippen molar-refractivity contribution in [1.29, 1.82) is 0 Å². The Morgan fingerprint density at radius 1 is 1.24 bits per heavy atom. The lowest BCUT2D eigenvalue weighted by molar-refractivity contribution is 0.431. The minimum Gasteiger partial charge on any atom is -0.363 e. The van der Waals surface area contributed by atoms with Crippen molar-refractivity contribution in [3.63, 3.8) is 0 Å². The van der Waals surface area contributed by atoms with E-state index in [-0.39, 0.29) is 0 Å². The van der Waals surface area contributed by atoms with Crippen molar-refractivity contribution in [2.45, 2.75) is 31.5 Å². The molecule has 2 aromatic rings. The van der Waals surface area contributed by atoms with Crippen molar-refractivity contribution < 1.29 is 8.42 Å². The molecule has 1 aliphatic rings. The lowest BCUT2D eigenvalue weighted by Gasteiger charge is -2.14. The molecule has 1 aliphatic heterocycles. The van der Waals surface area contributed by atoms with Crippen LogP contribution in [0.3, 0.4) is 0 Å². The van der Waals surface area contributed by atoms with Gasteiger partial charge in [-0.15, -0.1) is 0 Å². The maximum absolute atomic E-state index is 12.7. The van der Waals surface area contributed by atoms with E-state index in [2.05, 4.69) is 10.3 Å². The number of sulfonamides is 1. The molecule has 112 valence electrons. The normalized spacial score (nSPS) is 15.3. The minimum atomic E-state index is -3.44. The summed E-state index contributed by atoms with van der Waals surface area (Å²) < 4.78 is 26.9. The molecular weight excluding hydrogens is 286 g/mol. The maximum Gasteiger partial charge on any atom is 0.245 e. The number of H-pyrrole nitrogens is 1. The molecule has 0 bridgehead atoms. The van der Waals surface area contributed by atoms with Crippen LogP contribution in [-0.2, 0) is 29.7 Å². The molecule has 1 aromatic heterocycles. The SMILES string of the molecule is CCNCc1cc(S(=O)(=O)N2Cc3ccccc3C2)c[nH]1. The number of nitrogens with one attached hydrogen (secondary N) is 2. The minimum absolute atomic E-state index is 0.336. The summed E-state index contributed by atoms with van der Waals surface area (Å²) >= 11 is 0. The summed E-state index contributed by atoms with van der Waals surface area (Å²) in [4.78, 5) is 3.36. The molecule has 5 nitrogen and oxygen atoms in total. The van der Waals surface area contributed by atoms with Gasteiger partial charge in [0.1, 0.15) is 0 Å². The monoisotopic (exact) mass is 305 g/mol. The van der Waals surface area contributed by atoms with Crippen LogP contribution in [0.25, 0.3) is 0 Å². The first-order valence-electron chi connectivity index (χ1n) is 7.06. The molecule has 0 saturated carbocycles. The molecule has 2 N–H and O–H groups in total. The molecule has 0 radical (unpaired) electrons. The summed E-state index contributed by atoms with van der Waals surface area (Å²) in [6.45, 7) is 4.41. The van der Waals surface area contributed by atoms with Gasteiger partial charge in [-0.1, -0.05) is 31.2 Å². The molecule has 2 heterocycles. The standard InChI is InChI=1S/C15H19N3O2S/c1-2-16-8-14-7-15(9-17-14)21(19,20)18-10-12-5-3-4-6-13(12)11-18/h3-7,9,16-17H,2,8,10-11H2,1H3. The highest BCUT2D eigenvalue weighted by atomic mass is 32.2. The third-order valence-corrected chi connectivity index (χ3v) is 5.50. The fourth-order valence-corrected chi connectivity index (χ4v) is 3.97. The van der Waals surface area contributed by atoms with Gasteiger partial charge in [0.05, 0.1) is 4.90 Å². The Labute approximate surface area is 125 Å². The van der Waals surface area contributed by atoms with Crippen molar-refractivity contribution in [2.24, 2.45) is 0 Å². The molecule has 6 heteroatoms. The molecular formula is C15H19N3O2S. The number of hydrogen-bond donors (Lipinski definition) is 2. The van der Waals surface area contributed by atoms with Gasteiger partial charge in [0.25, 0.3) is 0 Å². The van der Waals surface area contributed by atoms with Gasteiger partial charge in [0, 0.05) is 31.5 Å². The van der Waals surface area contributed by atoms with E-state index >= 15 is 0 Å². The lowest BCUT2D eigenvalue weighted by atomic mass is 10.1. The number of aromatic nitrogens is 1. The third kappa shape index (κ3) is 2.74. The zero-order valence-corrected chi connectivity index (χ0v) is 12.8. The summed E-state index contributed by atoms with van der Waals surface area (Å²) in [5.41, 5.74) is 3.06. The highest BCUT2D eigenvalue weighted by molar-refractivity contribution is 7.89. The number of fused-ring (bicyclic) bond motifs is 1. The fourth-order valence-electron chi connectivity index (χ4n) is 2.55. The quantitative estimate of drug-likeness (QED) is 0.886. The summed E-state index contributed by atoms with van der Waals surface area (Å²) in [6.07, 6.45) is 1.57. The van der Waals surface area contributed by atoms with E-state index in [4.69, 9.17) is 0 Å². The predicted molar refractivity (Wildman–Crippen MR) is 81.0 cm³/mol. The highest BCUT2D eigenvalue weighted by Gasteiger charge is 2.30. The fraction of sp³-hybridized carbons (Fsp3) is 0.333. The lowest BCUT2D eigenvalue weighted by Crippen LogP contribution is -2.25. The largest absolute Gasteiger partial charge is 0.363 e. The Morgan fingerprint density at radius 2 is 1.90 bits per heavy atom. The third-order valence-electron chi connectivity index (χ3n) is 3.73. The first-order valence-corrected chi connectivity index (χ1v) is 8.50. The summed E-state index contributed by atoms with van der Waals surface area (Å²) in [6, 6.07) is 9.57. The molecule has 0 amide bonds. The molecule has 0 atom stereocenters. The summed E-state index contributed by atoms with van der Waals surface area (Å²) in [5, 5.41) is 3.17. The molecule has 0 aliphatic carbocycles. The van der Waals surface area contributed by atoms with Gasteiger partial charge in [-0.3, -0.25) is 0 Å². The zero-order valence-electron chi connectivity index (χ0n) is 12.0. The van der Waals surface area contributed by atoms with E-state index in [1.807, 2.05) is 31.2 Å². The number of hydrogen-bond acceptors (Lipinski definition) is 3. The molecule has 1 aromatic carbocycles. The maximum atomic E-state index is 12.7. The van der Waals surface area contributed by atoms with Crippen LogP contribution in [0.15, 0.2) is 41.4 Å². The van der Waals surface area contributed by atoms with E-state index in [9.17, 15) is 8.42 Å². The molecule has 0 unspecified atom stereocenters. The Hall–Kier alpha value is -1.63. The van der Waals surface area contributed by atoms with Gasteiger partial charge in [-0.25, -0.2) is 8.42 Å². The van der Waals surface area contributed by atoms with Crippen LogP contribution in [0.2, 0.25) is 0 Å². The number of rotatable bonds is 5. The van der Waals surface area contributed by atoms with Crippen LogP contribution >= 0.6 is 0 Å². The summed E-state index contributed by atoms with van der Waals surface area (Å²) in [5.74, 6) is 0. The second-order valence-electron chi connectivity index (χ2n) is 5.18. The van der Waals surface area contributed by atoms with Crippen molar-refractivity contribution in [2.75, 3.05) is 6.54 Å². The van der Waals surface area contributed by atoms with Crippen LogP contribution in [0.5, 0.6) is 0 Å². The van der Waals surface area contributed by atoms with Gasteiger partial charge in [0.2, 0.25) is 10.0 Å². The van der Waals surface area contributed by atoms with Gasteiger partial charge >= 0.3 is 0 Å². The number of aromatic amines is 1. The Morgan fingerprint density at radius 3 is 2.52 bits per heavy atom. The average molecular weight is 305 g/mol. The first-order chi connectivity index (χ1) is 10.1. The summed E-state index contributed by atoms with van der Waals surface area (Å²) in [7, 11) is -3.44. The average Bonchev–Trinajstić information content (AvgIpc) is 3.12. The Bertz CT molecular complexity index is 712. The van der Waals surface area contributed by atoms with E-state index < -0.39 is 10.0 Å². The van der Waals surface area contributed by atoms with Crippen LogP contribution in [-0.4, -0.2) is 24.3 Å². The number of benzene rings is 1. The van der Waals surface area contributed by atoms with Crippen molar-refractivity contribution in [3.05, 3.63) is 53.3 Å². The van der Waals surface area contributed by atoms with Crippen LogP contribution < -0.4 is 5.32 Å². The van der Waals surface area contributed by atoms with E-state index in [1.54, 1.807) is 12.3 Å². The van der Waals surface area contributed by atoms with Gasteiger partial charge in [-0.05, 0) is 23.7 Å². The second-order valence-corrected chi connectivity index (χ2v) is 7.12. The molecule has 0 fully saturated rings. The van der Waals surface area contributed by atoms with Gasteiger partial charge in [0.15, 0.2) is 0 Å². The van der Waals surface area contributed by atoms with Gasteiger partial charge < -0.3 is 10.3 Å². The molecule has 3 rings (SSSR count). The molecule has 0 spiro atoms. The van der Waals surface area contributed by atoms with Crippen LogP contribution in [0.1, 0.15) is 23.7 Å². The predicted octanol–water partition coefficient (Wildman–Crippen LogP) is 1.83. The van der Waals surface area contributed by atoms with Crippen molar-refractivity contribution >= 4 is 10.0 Å². The topological polar surface area (TPSA) is 65.2 Å². The second kappa shape index (κ2) is 5.63. The zero-order chi connectivity index (χ0) is 14.9. The van der Waals surface area contributed by atoms with E-state index in [0.717, 1.165) is 23.4 Å². The van der Waals surface area contributed by atoms with Gasteiger partial charge in [-0.2, -0.15) is 4.31 Å². The Kier molecular flexibility index (Phi) is 3.84. The number of nitrogens with zero attached hydrogens (tertiary/aromatic N) is 1. The van der Waals surface area contributed by atoms with Crippen molar-refractivity contribution in [3.8, 4) is 0 Å². The highest BCUT2D eigenvalue weighted by Crippen LogP contribution is 2.28. The van der Waals surface area contributed by atoms with Crippen LogP contribution in [0.4, 0.5) is 0 Å². The molecule has 21 heavy (non-hydrogen) atoms. The van der Waals surface area contributed by atoms with E-state index in [1.165, 1.54) is 4.31 Å². The van der Waals surface area contributed by atoms with Crippen molar-refractivity contribution in [1.82, 2.24) is 14.6 Å². The first kappa shape index (κ1) is 14.3.